The normalized spacial score (nSPS) is 15.8. The molecule has 6 heteroatoms. The van der Waals surface area contributed by atoms with Crippen LogP contribution in [-0.4, -0.2) is 32.2 Å². The van der Waals surface area contributed by atoms with Gasteiger partial charge in [0.05, 0.1) is 23.9 Å². The molecule has 1 heterocycles. The van der Waals surface area contributed by atoms with E-state index in [2.05, 4.69) is 10.3 Å². The smallest absolute Gasteiger partial charge is 0.265 e. The molecule has 1 aliphatic rings. The van der Waals surface area contributed by atoms with Crippen molar-refractivity contribution in [3.8, 4) is 0 Å². The lowest BCUT2D eigenvalue weighted by Crippen LogP contribution is -2.36. The minimum absolute atomic E-state index is 0.323. The summed E-state index contributed by atoms with van der Waals surface area (Å²) in [5.74, 6) is 4.78. The molecule has 5 nitrogen and oxygen atoms in total. The van der Waals surface area contributed by atoms with E-state index in [9.17, 15) is 4.79 Å². The number of hydrogen-bond donors (Lipinski definition) is 2. The maximum atomic E-state index is 11.4. The highest BCUT2D eigenvalue weighted by Gasteiger charge is 2.16. The van der Waals surface area contributed by atoms with Crippen LogP contribution in [0.5, 0.6) is 0 Å². The van der Waals surface area contributed by atoms with E-state index in [-0.39, 0.29) is 5.91 Å². The Morgan fingerprint density at radius 2 is 2.12 bits per heavy atom. The quantitative estimate of drug-likeness (QED) is 0.466. The molecule has 0 atom stereocenters. The van der Waals surface area contributed by atoms with Gasteiger partial charge in [-0.05, 0) is 18.2 Å². The van der Waals surface area contributed by atoms with Gasteiger partial charge in [-0.1, -0.05) is 11.6 Å². The number of halogens is 1. The van der Waals surface area contributed by atoms with Gasteiger partial charge in [-0.25, -0.2) is 5.84 Å². The fourth-order valence-electron chi connectivity index (χ4n) is 1.78. The van der Waals surface area contributed by atoms with E-state index in [1.54, 1.807) is 18.2 Å². The van der Waals surface area contributed by atoms with Crippen LogP contribution in [0, 0.1) is 0 Å². The number of nitrogen functional groups attached to an aromatic ring is 1. The topological polar surface area (TPSA) is 67.6 Å². The highest BCUT2D eigenvalue weighted by molar-refractivity contribution is 6.33. The molecule has 2 rings (SSSR count). The second-order valence-corrected chi connectivity index (χ2v) is 4.15. The summed E-state index contributed by atoms with van der Waals surface area (Å²) in [6.45, 7) is 2.88. The zero-order chi connectivity index (χ0) is 12.3. The minimum Gasteiger partial charge on any atom is -0.378 e. The predicted octanol–water partition coefficient (Wildman–Crippen LogP) is 0.780. The average Bonchev–Trinajstić information content (AvgIpc) is 2.39. The van der Waals surface area contributed by atoms with E-state index in [1.165, 1.54) is 0 Å². The van der Waals surface area contributed by atoms with Gasteiger partial charge in [0.1, 0.15) is 0 Å². The maximum Gasteiger partial charge on any atom is 0.265 e. The number of morpholine rings is 1. The van der Waals surface area contributed by atoms with Gasteiger partial charge >= 0.3 is 0 Å². The van der Waals surface area contributed by atoms with Crippen LogP contribution in [0.4, 0.5) is 5.69 Å². The fourth-order valence-corrected chi connectivity index (χ4v) is 2.02. The zero-order valence-electron chi connectivity index (χ0n) is 9.28. The van der Waals surface area contributed by atoms with Gasteiger partial charge in [0, 0.05) is 18.7 Å². The Morgan fingerprint density at radius 3 is 2.76 bits per heavy atom. The van der Waals surface area contributed by atoms with Crippen LogP contribution in [0.2, 0.25) is 5.02 Å². The Morgan fingerprint density at radius 1 is 1.41 bits per heavy atom. The van der Waals surface area contributed by atoms with E-state index in [1.807, 2.05) is 0 Å². The largest absolute Gasteiger partial charge is 0.378 e. The summed E-state index contributed by atoms with van der Waals surface area (Å²) in [5, 5.41) is 0.625. The van der Waals surface area contributed by atoms with E-state index < -0.39 is 0 Å². The molecule has 1 aromatic rings. The van der Waals surface area contributed by atoms with Crippen LogP contribution in [0.15, 0.2) is 18.2 Å². The van der Waals surface area contributed by atoms with Crippen molar-refractivity contribution in [2.75, 3.05) is 31.2 Å². The van der Waals surface area contributed by atoms with Crippen molar-refractivity contribution in [1.29, 1.82) is 0 Å². The van der Waals surface area contributed by atoms with Crippen molar-refractivity contribution >= 4 is 23.2 Å². The van der Waals surface area contributed by atoms with Crippen LogP contribution < -0.4 is 16.2 Å². The fraction of sp³-hybridized carbons (Fsp3) is 0.364. The molecule has 0 bridgehead atoms. The lowest BCUT2D eigenvalue weighted by Gasteiger charge is -2.29. The monoisotopic (exact) mass is 255 g/mol. The Labute approximate surface area is 104 Å². The van der Waals surface area contributed by atoms with Crippen LogP contribution in [-0.2, 0) is 4.74 Å². The van der Waals surface area contributed by atoms with Crippen molar-refractivity contribution in [2.45, 2.75) is 0 Å². The summed E-state index contributed by atoms with van der Waals surface area (Å²) >= 11 is 6.13. The highest BCUT2D eigenvalue weighted by Crippen LogP contribution is 2.27. The molecule has 92 valence electrons. The first-order chi connectivity index (χ1) is 8.22. The number of hydrazine groups is 1. The molecule has 0 unspecified atom stereocenters. The molecule has 1 saturated heterocycles. The number of nitrogens with two attached hydrogens (primary N) is 1. The van der Waals surface area contributed by atoms with Gasteiger partial charge in [0.2, 0.25) is 0 Å². The van der Waals surface area contributed by atoms with Gasteiger partial charge in [-0.2, -0.15) is 0 Å². The van der Waals surface area contributed by atoms with E-state index in [0.717, 1.165) is 18.8 Å². The first-order valence-electron chi connectivity index (χ1n) is 5.35. The number of carbonyl (C=O) groups excluding carboxylic acids is 1. The van der Waals surface area contributed by atoms with Gasteiger partial charge in [0.15, 0.2) is 0 Å². The van der Waals surface area contributed by atoms with Crippen LogP contribution in [0.3, 0.4) is 0 Å². The highest BCUT2D eigenvalue weighted by atomic mass is 35.5. The van der Waals surface area contributed by atoms with Crippen LogP contribution >= 0.6 is 11.6 Å². The first-order valence-corrected chi connectivity index (χ1v) is 5.73. The molecule has 0 spiro atoms. The van der Waals surface area contributed by atoms with Gasteiger partial charge in [0.25, 0.3) is 5.91 Å². The number of ether oxygens (including phenoxy) is 1. The van der Waals surface area contributed by atoms with E-state index in [4.69, 9.17) is 22.2 Å². The summed E-state index contributed by atoms with van der Waals surface area (Å²) < 4.78 is 5.28. The van der Waals surface area contributed by atoms with Crippen molar-refractivity contribution in [2.24, 2.45) is 5.84 Å². The SMILES string of the molecule is NNC(=O)c1ccc(Cl)c(N2CCOCC2)c1. The third kappa shape index (κ3) is 2.69. The van der Waals surface area contributed by atoms with Crippen molar-refractivity contribution in [3.05, 3.63) is 28.8 Å². The molecule has 3 N–H and O–H groups in total. The lowest BCUT2D eigenvalue weighted by atomic mass is 10.1. The number of anilines is 1. The number of amides is 1. The molecule has 1 fully saturated rings. The van der Waals surface area contributed by atoms with Crippen LogP contribution in [0.25, 0.3) is 0 Å². The van der Waals surface area contributed by atoms with Crippen molar-refractivity contribution in [1.82, 2.24) is 5.43 Å². The molecule has 0 aliphatic carbocycles. The number of rotatable bonds is 2. The zero-order valence-corrected chi connectivity index (χ0v) is 10.0. The number of hydrogen-bond acceptors (Lipinski definition) is 4. The molecule has 0 saturated carbocycles. The Bertz CT molecular complexity index is 419. The molecule has 17 heavy (non-hydrogen) atoms. The molecular weight excluding hydrogens is 242 g/mol. The Balaban J connectivity index is 2.28. The van der Waals surface area contributed by atoms with E-state index >= 15 is 0 Å². The summed E-state index contributed by atoms with van der Waals surface area (Å²) in [6, 6.07) is 5.10. The molecule has 1 aliphatic heterocycles. The summed E-state index contributed by atoms with van der Waals surface area (Å²) in [5.41, 5.74) is 3.45. The summed E-state index contributed by atoms with van der Waals surface area (Å²) in [7, 11) is 0. The second kappa shape index (κ2) is 5.35. The number of benzene rings is 1. The van der Waals surface area contributed by atoms with Gasteiger partial charge < -0.3 is 9.64 Å². The predicted molar refractivity (Wildman–Crippen MR) is 66.1 cm³/mol. The molecule has 0 aromatic heterocycles. The van der Waals surface area contributed by atoms with Gasteiger partial charge in [-0.3, -0.25) is 10.2 Å². The van der Waals surface area contributed by atoms with E-state index in [0.29, 0.717) is 23.8 Å². The Kier molecular flexibility index (Phi) is 3.83. The number of nitrogens with one attached hydrogen (secondary N) is 1. The van der Waals surface area contributed by atoms with Crippen molar-refractivity contribution in [3.63, 3.8) is 0 Å². The van der Waals surface area contributed by atoms with Gasteiger partial charge in [-0.15, -0.1) is 0 Å². The maximum absolute atomic E-state index is 11.4. The van der Waals surface area contributed by atoms with Crippen molar-refractivity contribution < 1.29 is 9.53 Å². The number of carbonyl (C=O) groups is 1. The third-order valence-electron chi connectivity index (χ3n) is 2.69. The lowest BCUT2D eigenvalue weighted by molar-refractivity contribution is 0.0953. The standard InChI is InChI=1S/C11H14ClN3O2/c12-9-2-1-8(11(16)14-13)7-10(9)15-3-5-17-6-4-15/h1-2,7H,3-6,13H2,(H,14,16). The average molecular weight is 256 g/mol. The third-order valence-corrected chi connectivity index (χ3v) is 3.01. The molecule has 1 aromatic carbocycles. The molecule has 1 amide bonds. The number of nitrogens with zero attached hydrogens (tertiary/aromatic N) is 1. The minimum atomic E-state index is -0.323. The van der Waals surface area contributed by atoms with Crippen LogP contribution in [0.1, 0.15) is 10.4 Å². The summed E-state index contributed by atoms with van der Waals surface area (Å²) in [4.78, 5) is 13.5. The second-order valence-electron chi connectivity index (χ2n) is 3.74. The molecular formula is C11H14ClN3O2. The Hall–Kier alpha value is -1.30. The first kappa shape index (κ1) is 12.2. The molecule has 0 radical (unpaired) electrons. The summed E-state index contributed by atoms with van der Waals surface area (Å²) in [6.07, 6.45) is 0.